The molecule has 0 fully saturated rings. The highest BCUT2D eigenvalue weighted by Gasteiger charge is 2.11. The smallest absolute Gasteiger partial charge is 0.191 e. The molecule has 2 aromatic rings. The lowest BCUT2D eigenvalue weighted by atomic mass is 10.1. The first-order valence-corrected chi connectivity index (χ1v) is 6.17. The van der Waals surface area contributed by atoms with Crippen LogP contribution in [0, 0.1) is 18.6 Å². The first-order chi connectivity index (χ1) is 10.0. The second-order valence-corrected chi connectivity index (χ2v) is 4.47. The summed E-state index contributed by atoms with van der Waals surface area (Å²) in [5.41, 5.74) is 7.58. The summed E-state index contributed by atoms with van der Waals surface area (Å²) in [6, 6.07) is 8.57. The Morgan fingerprint density at radius 1 is 1.24 bits per heavy atom. The van der Waals surface area contributed by atoms with Crippen molar-refractivity contribution in [2.24, 2.45) is 10.9 Å². The molecule has 0 aromatic heterocycles. The number of hydrogen-bond acceptors (Lipinski definition) is 3. The van der Waals surface area contributed by atoms with E-state index in [-0.39, 0.29) is 12.4 Å². The number of nitrogens with two attached hydrogens (primary N) is 1. The zero-order valence-corrected chi connectivity index (χ0v) is 11.3. The van der Waals surface area contributed by atoms with Crippen molar-refractivity contribution in [1.82, 2.24) is 0 Å². The zero-order chi connectivity index (χ0) is 15.4. The molecule has 0 saturated carbocycles. The molecule has 0 spiro atoms. The molecule has 0 atom stereocenters. The molecule has 0 unspecified atom stereocenters. The van der Waals surface area contributed by atoms with Gasteiger partial charge in [-0.2, -0.15) is 0 Å². The highest BCUT2D eigenvalue weighted by atomic mass is 19.1. The maximum absolute atomic E-state index is 13.4. The van der Waals surface area contributed by atoms with Crippen molar-refractivity contribution in [3.63, 3.8) is 0 Å². The Morgan fingerprint density at radius 3 is 2.48 bits per heavy atom. The average molecular weight is 292 g/mol. The van der Waals surface area contributed by atoms with E-state index in [0.29, 0.717) is 5.56 Å². The predicted molar refractivity (Wildman–Crippen MR) is 74.4 cm³/mol. The summed E-state index contributed by atoms with van der Waals surface area (Å²) in [5.74, 6) is -1.91. The van der Waals surface area contributed by atoms with Gasteiger partial charge in [0.05, 0.1) is 0 Å². The second-order valence-electron chi connectivity index (χ2n) is 4.47. The molecule has 110 valence electrons. The lowest BCUT2D eigenvalue weighted by molar-refractivity contribution is 0.273. The van der Waals surface area contributed by atoms with Crippen LogP contribution in [0.4, 0.5) is 8.78 Å². The number of benzene rings is 2. The van der Waals surface area contributed by atoms with Crippen LogP contribution in [0.2, 0.25) is 0 Å². The van der Waals surface area contributed by atoms with E-state index in [1.807, 2.05) is 0 Å². The Morgan fingerprint density at radius 2 is 1.90 bits per heavy atom. The molecule has 2 rings (SSSR count). The van der Waals surface area contributed by atoms with Gasteiger partial charge in [0.1, 0.15) is 6.61 Å². The van der Waals surface area contributed by atoms with Crippen LogP contribution >= 0.6 is 0 Å². The van der Waals surface area contributed by atoms with Crippen molar-refractivity contribution >= 4 is 5.84 Å². The van der Waals surface area contributed by atoms with Gasteiger partial charge < -0.3 is 15.7 Å². The maximum Gasteiger partial charge on any atom is 0.191 e. The van der Waals surface area contributed by atoms with Gasteiger partial charge in [0.15, 0.2) is 23.2 Å². The standard InChI is InChI=1S/C15H14F2N2O2/c1-9-7-10(15(18)19-20)5-6-11(9)8-21-14-12(16)3-2-4-13(14)17/h2-7,20H,8H2,1H3,(H2,18,19). The van der Waals surface area contributed by atoms with Gasteiger partial charge in [-0.3, -0.25) is 0 Å². The van der Waals surface area contributed by atoms with Crippen molar-refractivity contribution < 1.29 is 18.7 Å². The van der Waals surface area contributed by atoms with E-state index in [0.717, 1.165) is 23.3 Å². The van der Waals surface area contributed by atoms with Gasteiger partial charge in [-0.05, 0) is 36.2 Å². The van der Waals surface area contributed by atoms with Crippen molar-refractivity contribution in [2.75, 3.05) is 0 Å². The van der Waals surface area contributed by atoms with Gasteiger partial charge in [0.2, 0.25) is 0 Å². The molecule has 0 aliphatic heterocycles. The molecule has 6 heteroatoms. The molecule has 0 heterocycles. The van der Waals surface area contributed by atoms with E-state index >= 15 is 0 Å². The van der Waals surface area contributed by atoms with Gasteiger partial charge in [0, 0.05) is 5.56 Å². The van der Waals surface area contributed by atoms with Crippen LogP contribution in [0.15, 0.2) is 41.6 Å². The molecule has 0 amide bonds. The topological polar surface area (TPSA) is 67.8 Å². The highest BCUT2D eigenvalue weighted by molar-refractivity contribution is 5.97. The van der Waals surface area contributed by atoms with Gasteiger partial charge in [-0.15, -0.1) is 0 Å². The minimum Gasteiger partial charge on any atom is -0.483 e. The molecular formula is C15H14F2N2O2. The van der Waals surface area contributed by atoms with Crippen molar-refractivity contribution in [3.05, 3.63) is 64.7 Å². The minimum atomic E-state index is -0.749. The van der Waals surface area contributed by atoms with Crippen LogP contribution < -0.4 is 10.5 Å². The fourth-order valence-electron chi connectivity index (χ4n) is 1.85. The summed E-state index contributed by atoms with van der Waals surface area (Å²) in [6.07, 6.45) is 0. The third-order valence-electron chi connectivity index (χ3n) is 3.04. The number of ether oxygens (including phenoxy) is 1. The number of rotatable bonds is 4. The van der Waals surface area contributed by atoms with Crippen LogP contribution in [0.25, 0.3) is 0 Å². The maximum atomic E-state index is 13.4. The molecule has 0 aliphatic carbocycles. The number of hydrogen-bond donors (Lipinski definition) is 2. The third kappa shape index (κ3) is 3.28. The monoisotopic (exact) mass is 292 g/mol. The Balaban J connectivity index is 2.18. The van der Waals surface area contributed by atoms with Crippen molar-refractivity contribution in [2.45, 2.75) is 13.5 Å². The molecule has 0 aliphatic rings. The quantitative estimate of drug-likeness (QED) is 0.394. The summed E-state index contributed by atoms with van der Waals surface area (Å²) in [4.78, 5) is 0. The Labute approximate surface area is 120 Å². The summed E-state index contributed by atoms with van der Waals surface area (Å²) < 4.78 is 32.1. The normalized spacial score (nSPS) is 11.5. The molecule has 2 aromatic carbocycles. The molecule has 0 saturated heterocycles. The SMILES string of the molecule is Cc1cc(/C(N)=N/O)ccc1COc1c(F)cccc1F. The van der Waals surface area contributed by atoms with E-state index in [4.69, 9.17) is 15.7 Å². The number of amidine groups is 1. The fourth-order valence-corrected chi connectivity index (χ4v) is 1.85. The molecule has 0 bridgehead atoms. The number of halogens is 2. The summed E-state index contributed by atoms with van der Waals surface area (Å²) in [5, 5.41) is 11.5. The highest BCUT2D eigenvalue weighted by Crippen LogP contribution is 2.22. The number of para-hydroxylation sites is 1. The average Bonchev–Trinajstić information content (AvgIpc) is 2.47. The molecular weight excluding hydrogens is 278 g/mol. The third-order valence-corrected chi connectivity index (χ3v) is 3.04. The van der Waals surface area contributed by atoms with E-state index < -0.39 is 17.4 Å². The van der Waals surface area contributed by atoms with Gasteiger partial charge >= 0.3 is 0 Å². The molecule has 3 N–H and O–H groups in total. The second kappa shape index (κ2) is 6.21. The first-order valence-electron chi connectivity index (χ1n) is 6.17. The molecule has 0 radical (unpaired) electrons. The fraction of sp³-hybridized carbons (Fsp3) is 0.133. The lowest BCUT2D eigenvalue weighted by Crippen LogP contribution is -2.13. The van der Waals surface area contributed by atoms with Crippen LogP contribution in [-0.2, 0) is 6.61 Å². The van der Waals surface area contributed by atoms with Crippen LogP contribution in [0.5, 0.6) is 5.75 Å². The zero-order valence-electron chi connectivity index (χ0n) is 11.3. The Hall–Kier alpha value is -2.63. The summed E-state index contributed by atoms with van der Waals surface area (Å²) >= 11 is 0. The largest absolute Gasteiger partial charge is 0.483 e. The van der Waals surface area contributed by atoms with Crippen molar-refractivity contribution in [3.8, 4) is 5.75 Å². The first kappa shape index (κ1) is 14.8. The van der Waals surface area contributed by atoms with Crippen molar-refractivity contribution in [1.29, 1.82) is 0 Å². The van der Waals surface area contributed by atoms with E-state index in [1.54, 1.807) is 25.1 Å². The number of nitrogens with zero attached hydrogens (tertiary/aromatic N) is 1. The Kier molecular flexibility index (Phi) is 4.37. The van der Waals surface area contributed by atoms with Gasteiger partial charge in [-0.25, -0.2) is 8.78 Å². The van der Waals surface area contributed by atoms with E-state index in [1.165, 1.54) is 6.07 Å². The Bertz CT molecular complexity index is 667. The van der Waals surface area contributed by atoms with Crippen LogP contribution in [0.1, 0.15) is 16.7 Å². The van der Waals surface area contributed by atoms with E-state index in [9.17, 15) is 8.78 Å². The molecule has 21 heavy (non-hydrogen) atoms. The van der Waals surface area contributed by atoms with E-state index in [2.05, 4.69) is 5.16 Å². The van der Waals surface area contributed by atoms with Gasteiger partial charge in [-0.1, -0.05) is 23.4 Å². The number of aryl methyl sites for hydroxylation is 1. The van der Waals surface area contributed by atoms with Gasteiger partial charge in [0.25, 0.3) is 0 Å². The molecule has 4 nitrogen and oxygen atoms in total. The summed E-state index contributed by atoms with van der Waals surface area (Å²) in [6.45, 7) is 1.81. The van der Waals surface area contributed by atoms with Crippen LogP contribution in [-0.4, -0.2) is 11.0 Å². The predicted octanol–water partition coefficient (Wildman–Crippen LogP) is 2.95. The lowest BCUT2D eigenvalue weighted by Gasteiger charge is -2.11. The van der Waals surface area contributed by atoms with Crippen LogP contribution in [0.3, 0.4) is 0 Å². The number of oxime groups is 1. The summed E-state index contributed by atoms with van der Waals surface area (Å²) in [7, 11) is 0. The minimum absolute atomic E-state index is 0.00860.